The van der Waals surface area contributed by atoms with Crippen LogP contribution in [0.3, 0.4) is 0 Å². The van der Waals surface area contributed by atoms with Crippen molar-refractivity contribution in [2.45, 2.75) is 26.4 Å². The summed E-state index contributed by atoms with van der Waals surface area (Å²) in [6.45, 7) is 3.98. The summed E-state index contributed by atoms with van der Waals surface area (Å²) < 4.78 is 11.7. The molecule has 0 aliphatic rings. The van der Waals surface area contributed by atoms with E-state index in [1.165, 1.54) is 0 Å². The summed E-state index contributed by atoms with van der Waals surface area (Å²) in [6, 6.07) is 22.4. The highest BCUT2D eigenvalue weighted by Crippen LogP contribution is 2.27. The first-order valence-corrected chi connectivity index (χ1v) is 8.80. The fourth-order valence-corrected chi connectivity index (χ4v) is 2.72. The molecule has 0 aromatic heterocycles. The van der Waals surface area contributed by atoms with E-state index in [1.807, 2.05) is 80.6 Å². The van der Waals surface area contributed by atoms with Gasteiger partial charge in [-0.05, 0) is 60.9 Å². The number of rotatable bonds is 7. The summed E-state index contributed by atoms with van der Waals surface area (Å²) in [6.07, 6.45) is -0.807. The van der Waals surface area contributed by atoms with Crippen molar-refractivity contribution < 1.29 is 19.4 Å². The number of carboxylic acid groups (broad SMARTS) is 1. The van der Waals surface area contributed by atoms with Crippen molar-refractivity contribution in [1.82, 2.24) is 0 Å². The highest BCUT2D eigenvalue weighted by molar-refractivity contribution is 5.73. The summed E-state index contributed by atoms with van der Waals surface area (Å²) in [5.74, 6) is 0.861. The van der Waals surface area contributed by atoms with Crippen LogP contribution in [0.5, 0.6) is 17.2 Å². The Balaban J connectivity index is 1.80. The maximum atomic E-state index is 11.8. The van der Waals surface area contributed by atoms with Crippen LogP contribution in [0.4, 0.5) is 0 Å². The van der Waals surface area contributed by atoms with Crippen LogP contribution >= 0.6 is 0 Å². The molecule has 0 fully saturated rings. The molecule has 0 heterocycles. The van der Waals surface area contributed by atoms with Crippen LogP contribution in [0.1, 0.15) is 16.7 Å². The minimum Gasteiger partial charge on any atom is -0.478 e. The van der Waals surface area contributed by atoms with E-state index >= 15 is 0 Å². The molecule has 0 saturated heterocycles. The molecule has 0 aliphatic heterocycles. The van der Waals surface area contributed by atoms with Crippen LogP contribution in [0.2, 0.25) is 0 Å². The van der Waals surface area contributed by atoms with Crippen molar-refractivity contribution in [3.8, 4) is 17.2 Å². The smallest absolute Gasteiger partial charge is 0.345 e. The zero-order valence-electron chi connectivity index (χ0n) is 15.4. The van der Waals surface area contributed by atoms with E-state index in [0.29, 0.717) is 17.2 Å². The van der Waals surface area contributed by atoms with Crippen molar-refractivity contribution in [2.24, 2.45) is 0 Å². The van der Waals surface area contributed by atoms with Gasteiger partial charge >= 0.3 is 5.97 Å². The molecule has 4 nitrogen and oxygen atoms in total. The third kappa shape index (κ3) is 4.88. The number of aliphatic carboxylic acids is 1. The maximum Gasteiger partial charge on any atom is 0.345 e. The van der Waals surface area contributed by atoms with Crippen molar-refractivity contribution in [3.05, 3.63) is 89.5 Å². The van der Waals surface area contributed by atoms with Gasteiger partial charge in [-0.2, -0.15) is 0 Å². The Morgan fingerprint density at radius 2 is 1.59 bits per heavy atom. The van der Waals surface area contributed by atoms with Crippen molar-refractivity contribution in [3.63, 3.8) is 0 Å². The van der Waals surface area contributed by atoms with Gasteiger partial charge in [-0.3, -0.25) is 0 Å². The minimum absolute atomic E-state index is 0.200. The predicted molar refractivity (Wildman–Crippen MR) is 105 cm³/mol. The zero-order valence-corrected chi connectivity index (χ0v) is 15.4. The highest BCUT2D eigenvalue weighted by atomic mass is 16.5. The SMILES string of the molecule is Cc1ccc(O[C@@H](Cc2ccccc2Oc2ccccc2)C(=O)O)cc1C. The molecule has 0 radical (unpaired) electrons. The summed E-state index contributed by atoms with van der Waals surface area (Å²) in [4.78, 5) is 11.8. The first-order valence-electron chi connectivity index (χ1n) is 8.80. The van der Waals surface area contributed by atoms with Crippen molar-refractivity contribution >= 4 is 5.97 Å². The van der Waals surface area contributed by atoms with Gasteiger partial charge in [0.15, 0.2) is 6.10 Å². The second-order valence-electron chi connectivity index (χ2n) is 6.42. The largest absolute Gasteiger partial charge is 0.478 e. The number of hydrogen-bond donors (Lipinski definition) is 1. The van der Waals surface area contributed by atoms with Crippen LogP contribution in [0.15, 0.2) is 72.8 Å². The van der Waals surface area contributed by atoms with Gasteiger partial charge < -0.3 is 14.6 Å². The van der Waals surface area contributed by atoms with E-state index < -0.39 is 12.1 Å². The van der Waals surface area contributed by atoms with Crippen LogP contribution in [0.25, 0.3) is 0 Å². The molecule has 3 rings (SSSR count). The van der Waals surface area contributed by atoms with Gasteiger partial charge in [0, 0.05) is 6.42 Å². The van der Waals surface area contributed by atoms with Crippen molar-refractivity contribution in [2.75, 3.05) is 0 Å². The fraction of sp³-hybridized carbons (Fsp3) is 0.174. The van der Waals surface area contributed by atoms with Crippen molar-refractivity contribution in [1.29, 1.82) is 0 Å². The van der Waals surface area contributed by atoms with E-state index in [0.717, 1.165) is 16.7 Å². The number of para-hydroxylation sites is 2. The number of carbonyl (C=O) groups is 1. The predicted octanol–water partition coefficient (Wildman–Crippen LogP) is 5.17. The Morgan fingerprint density at radius 1 is 0.889 bits per heavy atom. The molecule has 0 unspecified atom stereocenters. The fourth-order valence-electron chi connectivity index (χ4n) is 2.72. The normalized spacial score (nSPS) is 11.6. The second kappa shape index (κ2) is 8.41. The number of aryl methyl sites for hydroxylation is 2. The highest BCUT2D eigenvalue weighted by Gasteiger charge is 2.22. The van der Waals surface area contributed by atoms with Crippen LogP contribution < -0.4 is 9.47 Å². The molecule has 1 N–H and O–H groups in total. The van der Waals surface area contributed by atoms with E-state index in [-0.39, 0.29) is 6.42 Å². The molecule has 0 aliphatic carbocycles. The summed E-state index contributed by atoms with van der Waals surface area (Å²) in [5, 5.41) is 9.63. The minimum atomic E-state index is -1.01. The number of hydrogen-bond acceptors (Lipinski definition) is 3. The van der Waals surface area contributed by atoms with Gasteiger partial charge in [0.25, 0.3) is 0 Å². The van der Waals surface area contributed by atoms with E-state index in [9.17, 15) is 9.90 Å². The molecule has 0 bridgehead atoms. The molecule has 1 atom stereocenters. The molecule has 3 aromatic rings. The number of ether oxygens (including phenoxy) is 2. The van der Waals surface area contributed by atoms with Gasteiger partial charge in [0.05, 0.1) is 0 Å². The molecule has 0 saturated carbocycles. The second-order valence-corrected chi connectivity index (χ2v) is 6.42. The Morgan fingerprint density at radius 3 is 2.30 bits per heavy atom. The molecule has 0 spiro atoms. The van der Waals surface area contributed by atoms with Crippen LogP contribution in [-0.4, -0.2) is 17.2 Å². The first kappa shape index (κ1) is 18.5. The Kier molecular flexibility index (Phi) is 5.77. The lowest BCUT2D eigenvalue weighted by atomic mass is 10.1. The lowest BCUT2D eigenvalue weighted by molar-refractivity contribution is -0.145. The van der Waals surface area contributed by atoms with Gasteiger partial charge in [-0.15, -0.1) is 0 Å². The molecule has 138 valence electrons. The third-order valence-electron chi connectivity index (χ3n) is 4.38. The lowest BCUT2D eigenvalue weighted by Crippen LogP contribution is -2.29. The summed E-state index contributed by atoms with van der Waals surface area (Å²) in [5.41, 5.74) is 2.97. The summed E-state index contributed by atoms with van der Waals surface area (Å²) in [7, 11) is 0. The van der Waals surface area contributed by atoms with Gasteiger partial charge in [-0.25, -0.2) is 4.79 Å². The maximum absolute atomic E-state index is 11.8. The van der Waals surface area contributed by atoms with Gasteiger partial charge in [-0.1, -0.05) is 42.5 Å². The standard InChI is InChI=1S/C23H22O4/c1-16-12-13-20(14-17(16)2)27-22(23(24)25)15-18-8-6-7-11-21(18)26-19-9-4-3-5-10-19/h3-14,22H,15H2,1-2H3,(H,24,25)/t22-/m0/s1. The van der Waals surface area contributed by atoms with Gasteiger partial charge in [0.2, 0.25) is 0 Å². The molecule has 4 heteroatoms. The quantitative estimate of drug-likeness (QED) is 0.630. The zero-order chi connectivity index (χ0) is 19.2. The molecular weight excluding hydrogens is 340 g/mol. The topological polar surface area (TPSA) is 55.8 Å². The Labute approximate surface area is 159 Å². The third-order valence-corrected chi connectivity index (χ3v) is 4.38. The summed E-state index contributed by atoms with van der Waals surface area (Å²) >= 11 is 0. The van der Waals surface area contributed by atoms with E-state index in [4.69, 9.17) is 9.47 Å². The Bertz CT molecular complexity index is 919. The molecule has 0 amide bonds. The van der Waals surface area contributed by atoms with E-state index in [1.54, 1.807) is 6.07 Å². The molecular formula is C23H22O4. The number of carboxylic acids is 1. The first-order chi connectivity index (χ1) is 13.0. The number of benzene rings is 3. The van der Waals surface area contributed by atoms with Gasteiger partial charge in [0.1, 0.15) is 17.2 Å². The monoisotopic (exact) mass is 362 g/mol. The molecule has 27 heavy (non-hydrogen) atoms. The van der Waals surface area contributed by atoms with Crippen LogP contribution in [0, 0.1) is 13.8 Å². The molecule has 3 aromatic carbocycles. The average Bonchev–Trinajstić information content (AvgIpc) is 2.66. The lowest BCUT2D eigenvalue weighted by Gasteiger charge is -2.18. The average molecular weight is 362 g/mol. The van der Waals surface area contributed by atoms with E-state index in [2.05, 4.69) is 0 Å². The Hall–Kier alpha value is -3.27. The van der Waals surface area contributed by atoms with Crippen LogP contribution in [-0.2, 0) is 11.2 Å².